The van der Waals surface area contributed by atoms with Crippen molar-refractivity contribution in [2.45, 2.75) is 6.54 Å². The molecule has 2 aromatic carbocycles. The molecular formula is C23H21F2N5O4. The van der Waals surface area contributed by atoms with E-state index in [4.69, 9.17) is 10.9 Å². The van der Waals surface area contributed by atoms with Crippen molar-refractivity contribution >= 4 is 34.3 Å². The van der Waals surface area contributed by atoms with Crippen molar-refractivity contribution in [2.24, 2.45) is 10.9 Å². The molecule has 0 atom stereocenters. The van der Waals surface area contributed by atoms with Gasteiger partial charge in [0.05, 0.1) is 17.6 Å². The lowest BCUT2D eigenvalue weighted by atomic mass is 10.1. The van der Waals surface area contributed by atoms with E-state index < -0.39 is 23.3 Å². The first kappa shape index (κ1) is 22.9. The number of benzene rings is 2. The number of amides is 2. The molecule has 2 amide bonds. The average molecular weight is 469 g/mol. The van der Waals surface area contributed by atoms with E-state index in [-0.39, 0.29) is 60.9 Å². The van der Waals surface area contributed by atoms with Gasteiger partial charge in [0, 0.05) is 43.3 Å². The summed E-state index contributed by atoms with van der Waals surface area (Å²) in [5, 5.41) is 11.3. The van der Waals surface area contributed by atoms with Crippen LogP contribution in [0.3, 0.4) is 0 Å². The molecule has 0 unspecified atom stereocenters. The van der Waals surface area contributed by atoms with Gasteiger partial charge in [0.2, 0.25) is 0 Å². The monoisotopic (exact) mass is 469 g/mol. The third kappa shape index (κ3) is 4.19. The maximum Gasteiger partial charge on any atom is 0.295 e. The summed E-state index contributed by atoms with van der Waals surface area (Å²) in [5.41, 5.74) is 5.41. The van der Waals surface area contributed by atoms with Gasteiger partial charge in [0.25, 0.3) is 17.6 Å². The maximum absolute atomic E-state index is 14.6. The number of oxime groups is 1. The predicted octanol–water partition coefficient (Wildman–Crippen LogP) is 1.83. The van der Waals surface area contributed by atoms with Crippen LogP contribution in [0.5, 0.6) is 0 Å². The lowest BCUT2D eigenvalue weighted by molar-refractivity contribution is -0.127. The highest BCUT2D eigenvalue weighted by Crippen LogP contribution is 2.28. The molecule has 1 saturated heterocycles. The molecule has 0 aliphatic carbocycles. The van der Waals surface area contributed by atoms with Crippen LogP contribution in [0.15, 0.2) is 53.8 Å². The molecule has 0 saturated carbocycles. The van der Waals surface area contributed by atoms with Gasteiger partial charge in [-0.3, -0.25) is 14.4 Å². The lowest BCUT2D eigenvalue weighted by Gasteiger charge is -2.34. The number of hydrogen-bond acceptors (Lipinski definition) is 5. The first-order chi connectivity index (χ1) is 16.3. The van der Waals surface area contributed by atoms with Crippen LogP contribution in [0.4, 0.5) is 8.78 Å². The molecule has 1 aliphatic heterocycles. The zero-order valence-corrected chi connectivity index (χ0v) is 17.9. The van der Waals surface area contributed by atoms with Crippen LogP contribution in [0.2, 0.25) is 0 Å². The number of nitrogens with two attached hydrogens (primary N) is 1. The van der Waals surface area contributed by atoms with E-state index in [1.807, 2.05) is 0 Å². The highest BCUT2D eigenvalue weighted by molar-refractivity contribution is 6.45. The van der Waals surface area contributed by atoms with Gasteiger partial charge in [-0.1, -0.05) is 23.4 Å². The third-order valence-corrected chi connectivity index (χ3v) is 5.69. The van der Waals surface area contributed by atoms with E-state index >= 15 is 0 Å². The number of hydrogen-bond donors (Lipinski definition) is 2. The van der Waals surface area contributed by atoms with Gasteiger partial charge < -0.3 is 25.3 Å². The van der Waals surface area contributed by atoms with Crippen molar-refractivity contribution in [1.82, 2.24) is 14.4 Å². The van der Waals surface area contributed by atoms with Crippen molar-refractivity contribution in [1.29, 1.82) is 0 Å². The van der Waals surface area contributed by atoms with Gasteiger partial charge in [0.1, 0.15) is 11.6 Å². The summed E-state index contributed by atoms with van der Waals surface area (Å²) in [4.78, 5) is 41.4. The lowest BCUT2D eigenvalue weighted by Crippen LogP contribution is -2.52. The molecule has 9 nitrogen and oxygen atoms in total. The highest BCUT2D eigenvalue weighted by Gasteiger charge is 2.32. The van der Waals surface area contributed by atoms with Crippen molar-refractivity contribution in [2.75, 3.05) is 26.2 Å². The molecule has 1 aliphatic rings. The second-order valence-corrected chi connectivity index (χ2v) is 7.79. The summed E-state index contributed by atoms with van der Waals surface area (Å²) < 4.78 is 30.2. The topological polar surface area (TPSA) is 121 Å². The Bertz CT molecular complexity index is 1300. The van der Waals surface area contributed by atoms with Crippen LogP contribution in [-0.2, 0) is 11.3 Å². The zero-order valence-electron chi connectivity index (χ0n) is 17.9. The van der Waals surface area contributed by atoms with E-state index in [9.17, 15) is 23.2 Å². The number of carbonyl (C=O) groups excluding carboxylic acids is 3. The number of nitrogens with zero attached hydrogens (tertiary/aromatic N) is 4. The molecule has 34 heavy (non-hydrogen) atoms. The number of Topliss-reactive ketones (excluding diaryl/α,β-unsaturated/α-hetero) is 1. The molecule has 0 spiro atoms. The molecule has 1 fully saturated rings. The fourth-order valence-electron chi connectivity index (χ4n) is 4.00. The number of rotatable bonds is 5. The van der Waals surface area contributed by atoms with Crippen LogP contribution < -0.4 is 5.73 Å². The first-order valence-electron chi connectivity index (χ1n) is 10.4. The van der Waals surface area contributed by atoms with E-state index in [0.717, 1.165) is 22.9 Å². The third-order valence-electron chi connectivity index (χ3n) is 5.69. The van der Waals surface area contributed by atoms with Crippen LogP contribution >= 0.6 is 0 Å². The molecular weight excluding hydrogens is 448 g/mol. The normalized spacial score (nSPS) is 14.5. The number of ketones is 1. The van der Waals surface area contributed by atoms with E-state index in [2.05, 4.69) is 5.16 Å². The molecule has 3 aromatic rings. The van der Waals surface area contributed by atoms with Crippen molar-refractivity contribution in [3.05, 3.63) is 71.4 Å². The fraction of sp³-hybridized carbons (Fsp3) is 0.217. The smallest absolute Gasteiger partial charge is 0.295 e. The van der Waals surface area contributed by atoms with E-state index in [0.29, 0.717) is 5.56 Å². The molecule has 0 bridgehead atoms. The summed E-state index contributed by atoms with van der Waals surface area (Å²) >= 11 is 0. The number of piperazine rings is 1. The molecule has 176 valence electrons. The van der Waals surface area contributed by atoms with Gasteiger partial charge >= 0.3 is 0 Å². The SMILES string of the molecule is N/C(Cn1cc(C(=O)C(=O)N2CCN(C(=O)c3ccccc3)CC2)c2c(F)ccc(F)c21)=N\O. The van der Waals surface area contributed by atoms with Gasteiger partial charge in [-0.15, -0.1) is 0 Å². The Hall–Kier alpha value is -4.28. The van der Waals surface area contributed by atoms with E-state index in [1.54, 1.807) is 35.2 Å². The Morgan fingerprint density at radius 3 is 2.21 bits per heavy atom. The fourth-order valence-corrected chi connectivity index (χ4v) is 4.00. The molecule has 2 heterocycles. The van der Waals surface area contributed by atoms with Gasteiger partial charge in [-0.05, 0) is 24.3 Å². The van der Waals surface area contributed by atoms with Crippen LogP contribution in [-0.4, -0.2) is 69.2 Å². The van der Waals surface area contributed by atoms with Crippen LogP contribution in [0.1, 0.15) is 20.7 Å². The largest absolute Gasteiger partial charge is 0.409 e. The summed E-state index contributed by atoms with van der Waals surface area (Å²) in [6.07, 6.45) is 1.12. The average Bonchev–Trinajstić information content (AvgIpc) is 3.25. The number of amidine groups is 1. The zero-order chi connectivity index (χ0) is 24.4. The first-order valence-corrected chi connectivity index (χ1v) is 10.4. The van der Waals surface area contributed by atoms with Crippen molar-refractivity contribution in [3.63, 3.8) is 0 Å². The quantitative estimate of drug-likeness (QED) is 0.148. The van der Waals surface area contributed by atoms with Crippen LogP contribution in [0, 0.1) is 11.6 Å². The van der Waals surface area contributed by atoms with Gasteiger partial charge in [-0.25, -0.2) is 8.78 Å². The Morgan fingerprint density at radius 1 is 0.941 bits per heavy atom. The molecule has 3 N–H and O–H groups in total. The Kier molecular flexibility index (Phi) is 6.26. The van der Waals surface area contributed by atoms with Gasteiger partial charge in [-0.2, -0.15) is 0 Å². The number of aromatic nitrogens is 1. The molecule has 4 rings (SSSR count). The Labute approximate surface area is 192 Å². The molecule has 11 heteroatoms. The van der Waals surface area contributed by atoms with Crippen molar-refractivity contribution < 1.29 is 28.4 Å². The summed E-state index contributed by atoms with van der Waals surface area (Å²) in [6, 6.07) is 10.5. The minimum atomic E-state index is -1.02. The second kappa shape index (κ2) is 9.30. The van der Waals surface area contributed by atoms with E-state index in [1.165, 1.54) is 4.90 Å². The summed E-state index contributed by atoms with van der Waals surface area (Å²) in [7, 11) is 0. The van der Waals surface area contributed by atoms with Crippen LogP contribution in [0.25, 0.3) is 10.9 Å². The summed E-state index contributed by atoms with van der Waals surface area (Å²) in [6.45, 7) is 0.350. The Balaban J connectivity index is 1.55. The number of halogens is 2. The maximum atomic E-state index is 14.6. The molecule has 1 aromatic heterocycles. The number of carbonyl (C=O) groups is 3. The summed E-state index contributed by atoms with van der Waals surface area (Å²) in [5.74, 6) is -4.10. The minimum absolute atomic E-state index is 0.114. The molecule has 0 radical (unpaired) electrons. The Morgan fingerprint density at radius 2 is 1.56 bits per heavy atom. The standard InChI is InChI=1S/C23H21F2N5O4/c24-16-6-7-17(25)20-19(16)15(12-30(20)13-18(26)27-34)21(31)23(33)29-10-8-28(9-11-29)22(32)14-4-2-1-3-5-14/h1-7,12,34H,8-11,13H2,(H2,26,27). The van der Waals surface area contributed by atoms with Gasteiger partial charge in [0.15, 0.2) is 5.84 Å². The second-order valence-electron chi connectivity index (χ2n) is 7.79. The number of fused-ring (bicyclic) bond motifs is 1. The van der Waals surface area contributed by atoms with Crippen molar-refractivity contribution in [3.8, 4) is 0 Å². The predicted molar refractivity (Wildman–Crippen MR) is 119 cm³/mol. The highest BCUT2D eigenvalue weighted by atomic mass is 19.1. The minimum Gasteiger partial charge on any atom is -0.409 e.